The lowest BCUT2D eigenvalue weighted by molar-refractivity contribution is 0.0191. The third-order valence-corrected chi connectivity index (χ3v) is 6.68. The Balaban J connectivity index is 2.06. The third kappa shape index (κ3) is 5.31. The average molecular weight is 428 g/mol. The molecule has 0 saturated carbocycles. The van der Waals surface area contributed by atoms with Crippen LogP contribution in [0.15, 0.2) is 4.90 Å². The number of carbonyl (C=O) groups excluding carboxylic acids is 1. The van der Waals surface area contributed by atoms with E-state index in [-0.39, 0.29) is 16.8 Å². The normalized spacial score (nSPS) is 16.8. The van der Waals surface area contributed by atoms with Gasteiger partial charge in [0, 0.05) is 20.1 Å². The van der Waals surface area contributed by atoms with Gasteiger partial charge in [0.2, 0.25) is 0 Å². The van der Waals surface area contributed by atoms with Gasteiger partial charge in [0.15, 0.2) is 9.84 Å². The maximum Gasteiger partial charge on any atom is 0.410 e. The first kappa shape index (κ1) is 21.9. The monoisotopic (exact) mass is 427 g/mol. The second-order valence-electron chi connectivity index (χ2n) is 7.62. The van der Waals surface area contributed by atoms with Crippen molar-refractivity contribution >= 4 is 27.5 Å². The summed E-state index contributed by atoms with van der Waals surface area (Å²) in [6.45, 7) is 5.99. The molecule has 2 rings (SSSR count). The number of amides is 1. The second kappa shape index (κ2) is 7.90. The highest BCUT2D eigenvalue weighted by molar-refractivity contribution is 7.91. The minimum absolute atomic E-state index is 0.268. The molecule has 0 N–H and O–H groups in total. The fourth-order valence-electron chi connectivity index (χ4n) is 2.94. The molecule has 0 radical (unpaired) electrons. The number of piperidine rings is 1. The minimum atomic E-state index is -4.04. The van der Waals surface area contributed by atoms with Crippen molar-refractivity contribution in [2.24, 2.45) is 13.0 Å². The zero-order valence-corrected chi connectivity index (χ0v) is 17.3. The van der Waals surface area contributed by atoms with E-state index >= 15 is 0 Å². The maximum atomic E-state index is 13.1. The molecule has 2 heterocycles. The molecular weight excluding hydrogens is 404 g/mol. The van der Waals surface area contributed by atoms with Crippen LogP contribution in [0.25, 0.3) is 0 Å². The molecule has 0 atom stereocenters. The number of likely N-dealkylation sites (tertiary alicyclic amines) is 1. The number of hydrogen-bond acceptors (Lipinski definition) is 5. The van der Waals surface area contributed by atoms with Gasteiger partial charge in [-0.15, -0.1) is 0 Å². The van der Waals surface area contributed by atoms with Crippen LogP contribution in [0.5, 0.6) is 0 Å². The van der Waals surface area contributed by atoms with Crippen LogP contribution in [0, 0.1) is 5.92 Å². The Morgan fingerprint density at radius 2 is 1.89 bits per heavy atom. The Morgan fingerprint density at radius 1 is 1.33 bits per heavy atom. The molecule has 11 heteroatoms. The van der Waals surface area contributed by atoms with Gasteiger partial charge in [-0.25, -0.2) is 22.0 Å². The molecule has 0 bridgehead atoms. The lowest BCUT2D eigenvalue weighted by Crippen LogP contribution is -2.42. The smallest absolute Gasteiger partial charge is 0.410 e. The van der Waals surface area contributed by atoms with Crippen molar-refractivity contribution in [3.8, 4) is 0 Å². The number of ether oxygens (including phenoxy) is 1. The van der Waals surface area contributed by atoms with Crippen molar-refractivity contribution in [2.45, 2.75) is 50.5 Å². The van der Waals surface area contributed by atoms with Gasteiger partial charge < -0.3 is 9.64 Å². The number of rotatable bonds is 4. The van der Waals surface area contributed by atoms with E-state index in [0.717, 1.165) is 4.68 Å². The van der Waals surface area contributed by atoms with Gasteiger partial charge in [0.25, 0.3) is 6.43 Å². The summed E-state index contributed by atoms with van der Waals surface area (Å²) in [5, 5.41) is 3.20. The van der Waals surface area contributed by atoms with Gasteiger partial charge in [-0.1, -0.05) is 11.6 Å². The molecule has 1 aromatic heterocycles. The summed E-state index contributed by atoms with van der Waals surface area (Å²) in [5.74, 6) is -0.587. The van der Waals surface area contributed by atoms with Crippen LogP contribution in [-0.2, 0) is 21.6 Å². The van der Waals surface area contributed by atoms with Crippen molar-refractivity contribution < 1.29 is 26.7 Å². The lowest BCUT2D eigenvalue weighted by Gasteiger charge is -2.33. The standard InChI is InChI=1S/C16H24ClF2N3O4S/c1-16(2,3)26-15(23)22-7-5-10(6-8-22)9-27(24,25)12-11(14(18)19)20-21(4)13(12)17/h10,14H,5-9H2,1-4H3. The first-order valence-electron chi connectivity index (χ1n) is 8.53. The fraction of sp³-hybridized carbons (Fsp3) is 0.750. The summed E-state index contributed by atoms with van der Waals surface area (Å²) in [7, 11) is -2.73. The molecule has 0 aliphatic carbocycles. The molecule has 27 heavy (non-hydrogen) atoms. The summed E-state index contributed by atoms with van der Waals surface area (Å²) in [6, 6.07) is 0. The SMILES string of the molecule is Cn1nc(C(F)F)c(S(=O)(=O)CC2CCN(C(=O)OC(C)(C)C)CC2)c1Cl. The van der Waals surface area contributed by atoms with E-state index in [1.807, 2.05) is 0 Å². The zero-order valence-electron chi connectivity index (χ0n) is 15.7. The number of hydrogen-bond donors (Lipinski definition) is 0. The van der Waals surface area contributed by atoms with Crippen molar-refractivity contribution in [1.82, 2.24) is 14.7 Å². The lowest BCUT2D eigenvalue weighted by atomic mass is 9.99. The topological polar surface area (TPSA) is 81.5 Å². The predicted octanol–water partition coefficient (Wildman–Crippen LogP) is 3.43. The molecule has 0 unspecified atom stereocenters. The van der Waals surface area contributed by atoms with Gasteiger partial charge in [-0.3, -0.25) is 4.68 Å². The van der Waals surface area contributed by atoms with Gasteiger partial charge in [-0.05, 0) is 39.5 Å². The largest absolute Gasteiger partial charge is 0.444 e. The van der Waals surface area contributed by atoms with Gasteiger partial charge in [0.05, 0.1) is 5.75 Å². The van der Waals surface area contributed by atoms with Crippen molar-refractivity contribution in [1.29, 1.82) is 0 Å². The molecule has 1 aromatic rings. The van der Waals surface area contributed by atoms with E-state index in [0.29, 0.717) is 25.9 Å². The van der Waals surface area contributed by atoms with Crippen LogP contribution in [0.3, 0.4) is 0 Å². The molecule has 1 amide bonds. The van der Waals surface area contributed by atoms with Crippen LogP contribution < -0.4 is 0 Å². The molecule has 1 fully saturated rings. The van der Waals surface area contributed by atoms with Crippen molar-refractivity contribution in [2.75, 3.05) is 18.8 Å². The summed E-state index contributed by atoms with van der Waals surface area (Å²) in [6.07, 6.45) is -2.62. The Labute approximate surface area is 162 Å². The highest BCUT2D eigenvalue weighted by Crippen LogP contribution is 2.34. The van der Waals surface area contributed by atoms with E-state index in [1.165, 1.54) is 11.9 Å². The van der Waals surface area contributed by atoms with E-state index in [1.54, 1.807) is 20.8 Å². The molecule has 154 valence electrons. The third-order valence-electron chi connectivity index (χ3n) is 4.20. The second-order valence-corrected chi connectivity index (χ2v) is 9.95. The Bertz CT molecular complexity index is 797. The highest BCUT2D eigenvalue weighted by Gasteiger charge is 2.35. The number of carbonyl (C=O) groups is 1. The van der Waals surface area contributed by atoms with Gasteiger partial charge in [0.1, 0.15) is 21.3 Å². The number of alkyl halides is 2. The van der Waals surface area contributed by atoms with Crippen LogP contribution in [0.1, 0.15) is 45.7 Å². The zero-order chi connectivity index (χ0) is 20.6. The Hall–Kier alpha value is -1.42. The fourth-order valence-corrected chi connectivity index (χ4v) is 5.38. The molecule has 0 spiro atoms. The quantitative estimate of drug-likeness (QED) is 0.735. The maximum absolute atomic E-state index is 13.1. The minimum Gasteiger partial charge on any atom is -0.444 e. The van der Waals surface area contributed by atoms with E-state index in [4.69, 9.17) is 16.3 Å². The Kier molecular flexibility index (Phi) is 6.40. The summed E-state index contributed by atoms with van der Waals surface area (Å²) in [4.78, 5) is 13.0. The number of aromatic nitrogens is 2. The van der Waals surface area contributed by atoms with E-state index < -0.39 is 38.5 Å². The molecule has 1 aliphatic heterocycles. The van der Waals surface area contributed by atoms with E-state index in [2.05, 4.69) is 5.10 Å². The van der Waals surface area contributed by atoms with Crippen LogP contribution in [0.2, 0.25) is 5.15 Å². The predicted molar refractivity (Wildman–Crippen MR) is 95.8 cm³/mol. The first-order chi connectivity index (χ1) is 12.3. The Morgan fingerprint density at radius 3 is 2.37 bits per heavy atom. The molecular formula is C16H24ClF2N3O4S. The van der Waals surface area contributed by atoms with Crippen molar-refractivity contribution in [3.63, 3.8) is 0 Å². The number of halogens is 3. The summed E-state index contributed by atoms with van der Waals surface area (Å²) >= 11 is 5.90. The van der Waals surface area contributed by atoms with Crippen molar-refractivity contribution in [3.05, 3.63) is 10.8 Å². The van der Waals surface area contributed by atoms with Crippen LogP contribution in [-0.4, -0.2) is 53.6 Å². The van der Waals surface area contributed by atoms with Crippen LogP contribution in [0.4, 0.5) is 13.6 Å². The number of sulfone groups is 1. The first-order valence-corrected chi connectivity index (χ1v) is 10.6. The van der Waals surface area contributed by atoms with Gasteiger partial charge in [-0.2, -0.15) is 5.10 Å². The molecule has 1 saturated heterocycles. The summed E-state index contributed by atoms with van der Waals surface area (Å²) in [5.41, 5.74) is -1.44. The average Bonchev–Trinajstić information content (AvgIpc) is 2.82. The number of aryl methyl sites for hydroxylation is 1. The number of nitrogens with zero attached hydrogens (tertiary/aromatic N) is 3. The molecule has 1 aliphatic rings. The molecule has 0 aromatic carbocycles. The highest BCUT2D eigenvalue weighted by atomic mass is 35.5. The summed E-state index contributed by atoms with van der Waals surface area (Å²) < 4.78 is 57.9. The van der Waals surface area contributed by atoms with E-state index in [9.17, 15) is 22.0 Å². The molecule has 7 nitrogen and oxygen atoms in total. The van der Waals surface area contributed by atoms with Gasteiger partial charge >= 0.3 is 6.09 Å². The van der Waals surface area contributed by atoms with Crippen LogP contribution >= 0.6 is 11.6 Å².